The molecule has 5 heteroatoms. The zero-order valence-corrected chi connectivity index (χ0v) is 11.4. The number of hydrogen-bond donors (Lipinski definition) is 1. The monoisotopic (exact) mass is 274 g/mol. The molecule has 1 N–H and O–H groups in total. The van der Waals surface area contributed by atoms with Crippen molar-refractivity contribution < 1.29 is 13.2 Å². The zero-order valence-electron chi connectivity index (χ0n) is 11.4. The largest absolute Gasteiger partial charge is 0.401 e. The van der Waals surface area contributed by atoms with E-state index in [2.05, 4.69) is 5.32 Å². The predicted octanol–water partition coefficient (Wildman–Crippen LogP) is 3.22. The van der Waals surface area contributed by atoms with E-state index in [0.717, 1.165) is 12.1 Å². The van der Waals surface area contributed by atoms with Crippen molar-refractivity contribution in [1.29, 1.82) is 0 Å². The van der Waals surface area contributed by atoms with Gasteiger partial charge in [-0.1, -0.05) is 37.3 Å². The third-order valence-electron chi connectivity index (χ3n) is 2.90. The van der Waals surface area contributed by atoms with E-state index in [9.17, 15) is 13.2 Å². The standard InChI is InChI=1S/C14H21F3N2/c1-3-18-13(12-7-5-4-6-8-12)9-10-19(2)11-14(15,16)17/h4-8,13,18H,3,9-11H2,1-2H3. The van der Waals surface area contributed by atoms with Gasteiger partial charge in [0.05, 0.1) is 6.54 Å². The molecule has 1 unspecified atom stereocenters. The summed E-state index contributed by atoms with van der Waals surface area (Å²) in [6.07, 6.45) is -3.47. The smallest absolute Gasteiger partial charge is 0.310 e. The molecule has 0 aliphatic carbocycles. The molecule has 0 fully saturated rings. The molecule has 2 nitrogen and oxygen atoms in total. The highest BCUT2D eigenvalue weighted by Crippen LogP contribution is 2.19. The van der Waals surface area contributed by atoms with Gasteiger partial charge in [0.25, 0.3) is 0 Å². The van der Waals surface area contributed by atoms with Crippen LogP contribution in [0.5, 0.6) is 0 Å². The van der Waals surface area contributed by atoms with Crippen LogP contribution < -0.4 is 5.32 Å². The van der Waals surface area contributed by atoms with Crippen molar-refractivity contribution in [2.45, 2.75) is 25.6 Å². The summed E-state index contributed by atoms with van der Waals surface area (Å²) in [6, 6.07) is 9.91. The zero-order chi connectivity index (χ0) is 14.3. The van der Waals surface area contributed by atoms with E-state index in [-0.39, 0.29) is 6.04 Å². The second-order valence-electron chi connectivity index (χ2n) is 4.66. The minimum Gasteiger partial charge on any atom is -0.310 e. The van der Waals surface area contributed by atoms with Crippen LogP contribution in [0.3, 0.4) is 0 Å². The molecule has 0 bridgehead atoms. The summed E-state index contributed by atoms with van der Waals surface area (Å²) in [4.78, 5) is 1.31. The molecule has 0 aromatic heterocycles. The lowest BCUT2D eigenvalue weighted by atomic mass is 10.0. The van der Waals surface area contributed by atoms with Gasteiger partial charge in [0.2, 0.25) is 0 Å². The summed E-state index contributed by atoms with van der Waals surface area (Å²) in [5.74, 6) is 0. The minimum atomic E-state index is -4.13. The summed E-state index contributed by atoms with van der Waals surface area (Å²) in [7, 11) is 1.50. The van der Waals surface area contributed by atoms with Crippen LogP contribution >= 0.6 is 0 Å². The average molecular weight is 274 g/mol. The lowest BCUT2D eigenvalue weighted by molar-refractivity contribution is -0.143. The van der Waals surface area contributed by atoms with E-state index >= 15 is 0 Å². The summed E-state index contributed by atoms with van der Waals surface area (Å²) >= 11 is 0. The molecular formula is C14H21F3N2. The van der Waals surface area contributed by atoms with Crippen molar-refractivity contribution in [3.63, 3.8) is 0 Å². The highest BCUT2D eigenvalue weighted by Gasteiger charge is 2.29. The molecular weight excluding hydrogens is 253 g/mol. The van der Waals surface area contributed by atoms with Crippen molar-refractivity contribution in [3.05, 3.63) is 35.9 Å². The molecule has 1 atom stereocenters. The van der Waals surface area contributed by atoms with E-state index in [1.165, 1.54) is 11.9 Å². The Morgan fingerprint density at radius 3 is 2.37 bits per heavy atom. The number of hydrogen-bond acceptors (Lipinski definition) is 2. The van der Waals surface area contributed by atoms with Gasteiger partial charge in [0, 0.05) is 6.04 Å². The normalized spacial score (nSPS) is 13.8. The molecule has 0 radical (unpaired) electrons. The van der Waals surface area contributed by atoms with Crippen molar-refractivity contribution in [2.75, 3.05) is 26.7 Å². The van der Waals surface area contributed by atoms with Crippen molar-refractivity contribution in [1.82, 2.24) is 10.2 Å². The van der Waals surface area contributed by atoms with E-state index < -0.39 is 12.7 Å². The first-order valence-corrected chi connectivity index (χ1v) is 6.46. The number of rotatable bonds is 7. The third-order valence-corrected chi connectivity index (χ3v) is 2.90. The summed E-state index contributed by atoms with van der Waals surface area (Å²) in [5.41, 5.74) is 1.12. The quantitative estimate of drug-likeness (QED) is 0.821. The molecule has 1 aromatic rings. The van der Waals surface area contributed by atoms with Gasteiger partial charge in [0.1, 0.15) is 0 Å². The summed E-state index contributed by atoms with van der Waals surface area (Å²) in [6.45, 7) is 2.34. The first kappa shape index (κ1) is 16.0. The van der Waals surface area contributed by atoms with Crippen LogP contribution in [0.25, 0.3) is 0 Å². The Bertz CT molecular complexity index is 351. The van der Waals surface area contributed by atoms with Crippen LogP contribution in [-0.2, 0) is 0 Å². The maximum Gasteiger partial charge on any atom is 0.401 e. The Hall–Kier alpha value is -1.07. The maximum absolute atomic E-state index is 12.2. The van der Waals surface area contributed by atoms with E-state index in [1.807, 2.05) is 37.3 Å². The molecule has 0 saturated heterocycles. The topological polar surface area (TPSA) is 15.3 Å². The number of alkyl halides is 3. The fraction of sp³-hybridized carbons (Fsp3) is 0.571. The van der Waals surface area contributed by atoms with E-state index in [1.54, 1.807) is 0 Å². The second kappa shape index (κ2) is 7.50. The number of nitrogens with one attached hydrogen (secondary N) is 1. The fourth-order valence-electron chi connectivity index (χ4n) is 2.05. The predicted molar refractivity (Wildman–Crippen MR) is 71.0 cm³/mol. The highest BCUT2D eigenvalue weighted by atomic mass is 19.4. The van der Waals surface area contributed by atoms with Crippen molar-refractivity contribution in [2.24, 2.45) is 0 Å². The lowest BCUT2D eigenvalue weighted by Gasteiger charge is -2.23. The van der Waals surface area contributed by atoms with Crippen molar-refractivity contribution >= 4 is 0 Å². The van der Waals surface area contributed by atoms with Gasteiger partial charge in [-0.15, -0.1) is 0 Å². The fourth-order valence-corrected chi connectivity index (χ4v) is 2.05. The van der Waals surface area contributed by atoms with E-state index in [0.29, 0.717) is 13.0 Å². The molecule has 1 aromatic carbocycles. The SMILES string of the molecule is CCNC(CCN(C)CC(F)(F)F)c1ccccc1. The molecule has 0 aliphatic heterocycles. The van der Waals surface area contributed by atoms with Crippen LogP contribution in [0.4, 0.5) is 13.2 Å². The van der Waals surface area contributed by atoms with Crippen LogP contribution in [0, 0.1) is 0 Å². The van der Waals surface area contributed by atoms with Gasteiger partial charge in [-0.3, -0.25) is 4.90 Å². The number of nitrogens with zero attached hydrogens (tertiary/aromatic N) is 1. The molecule has 0 amide bonds. The Balaban J connectivity index is 2.51. The Morgan fingerprint density at radius 2 is 1.84 bits per heavy atom. The molecule has 1 rings (SSSR count). The summed E-state index contributed by atoms with van der Waals surface area (Å²) < 4.78 is 36.7. The van der Waals surface area contributed by atoms with E-state index in [4.69, 9.17) is 0 Å². The first-order chi connectivity index (χ1) is 8.92. The highest BCUT2D eigenvalue weighted by molar-refractivity contribution is 5.18. The number of benzene rings is 1. The van der Waals surface area contributed by atoms with Gasteiger partial charge >= 0.3 is 6.18 Å². The molecule has 0 heterocycles. The first-order valence-electron chi connectivity index (χ1n) is 6.46. The summed E-state index contributed by atoms with van der Waals surface area (Å²) in [5, 5.41) is 3.31. The Morgan fingerprint density at radius 1 is 1.21 bits per heavy atom. The average Bonchev–Trinajstić information content (AvgIpc) is 2.33. The van der Waals surface area contributed by atoms with Crippen LogP contribution in [0.1, 0.15) is 24.9 Å². The molecule has 108 valence electrons. The number of halogens is 3. The van der Waals surface area contributed by atoms with Crippen molar-refractivity contribution in [3.8, 4) is 0 Å². The van der Waals surface area contributed by atoms with Gasteiger partial charge in [-0.25, -0.2) is 0 Å². The van der Waals surface area contributed by atoms with Gasteiger partial charge in [0.15, 0.2) is 0 Å². The third kappa shape index (κ3) is 6.59. The molecule has 0 spiro atoms. The second-order valence-corrected chi connectivity index (χ2v) is 4.66. The van der Waals surface area contributed by atoms with Gasteiger partial charge in [-0.2, -0.15) is 13.2 Å². The van der Waals surface area contributed by atoms with Gasteiger partial charge in [-0.05, 0) is 32.1 Å². The Kier molecular flexibility index (Phi) is 6.31. The molecule has 19 heavy (non-hydrogen) atoms. The molecule has 0 saturated carbocycles. The minimum absolute atomic E-state index is 0.0990. The molecule has 0 aliphatic rings. The van der Waals surface area contributed by atoms with Crippen LogP contribution in [0.2, 0.25) is 0 Å². The van der Waals surface area contributed by atoms with Gasteiger partial charge < -0.3 is 5.32 Å². The lowest BCUT2D eigenvalue weighted by Crippen LogP contribution is -2.33. The Labute approximate surface area is 112 Å². The maximum atomic E-state index is 12.2. The van der Waals surface area contributed by atoms with Crippen LogP contribution in [0.15, 0.2) is 30.3 Å². The van der Waals surface area contributed by atoms with Crippen LogP contribution in [-0.4, -0.2) is 37.8 Å².